The Morgan fingerprint density at radius 3 is 2.71 bits per heavy atom. The summed E-state index contributed by atoms with van der Waals surface area (Å²) in [6.45, 7) is -0.0402. The second-order valence-electron chi connectivity index (χ2n) is 3.82. The molecule has 0 N–H and O–H groups in total. The van der Waals surface area contributed by atoms with Gasteiger partial charge in [0.25, 0.3) is 0 Å². The standard InChI is InChI=1S/C11H10ClNO4/c12-9-4-2-1-3-8(9)11(13(15)16)7-17-6-5-10(11)14/h1-4H,5-7H2. The molecule has 1 saturated heterocycles. The lowest BCUT2D eigenvalue weighted by Gasteiger charge is -2.28. The van der Waals surface area contributed by atoms with Crippen LogP contribution < -0.4 is 0 Å². The van der Waals surface area contributed by atoms with E-state index in [9.17, 15) is 14.9 Å². The maximum atomic E-state index is 11.9. The number of rotatable bonds is 2. The Morgan fingerprint density at radius 2 is 2.12 bits per heavy atom. The number of nitrogens with zero attached hydrogens (tertiary/aromatic N) is 1. The Kier molecular flexibility index (Phi) is 3.13. The minimum absolute atomic E-state index is 0.0339. The van der Waals surface area contributed by atoms with Crippen LogP contribution in [0.2, 0.25) is 5.02 Å². The smallest absolute Gasteiger partial charge is 0.328 e. The highest BCUT2D eigenvalue weighted by atomic mass is 35.5. The number of hydrogen-bond acceptors (Lipinski definition) is 4. The molecule has 6 heteroatoms. The largest absolute Gasteiger partial charge is 0.373 e. The number of carbonyl (C=O) groups excluding carboxylic acids is 1. The van der Waals surface area contributed by atoms with Crippen LogP contribution in [0.4, 0.5) is 0 Å². The quantitative estimate of drug-likeness (QED) is 0.597. The summed E-state index contributed by atoms with van der Waals surface area (Å²) in [5.74, 6) is -0.457. The fraction of sp³-hybridized carbons (Fsp3) is 0.364. The lowest BCUT2D eigenvalue weighted by atomic mass is 9.84. The molecule has 1 aromatic carbocycles. The van der Waals surface area contributed by atoms with Gasteiger partial charge in [0.2, 0.25) is 5.78 Å². The van der Waals surface area contributed by atoms with Gasteiger partial charge >= 0.3 is 5.54 Å². The monoisotopic (exact) mass is 255 g/mol. The highest BCUT2D eigenvalue weighted by Crippen LogP contribution is 2.35. The van der Waals surface area contributed by atoms with Crippen molar-refractivity contribution >= 4 is 17.4 Å². The molecule has 1 aliphatic heterocycles. The van der Waals surface area contributed by atoms with Gasteiger partial charge in [-0.3, -0.25) is 14.9 Å². The van der Waals surface area contributed by atoms with Crippen molar-refractivity contribution in [3.63, 3.8) is 0 Å². The Balaban J connectivity index is 2.59. The first kappa shape index (κ1) is 12.0. The van der Waals surface area contributed by atoms with E-state index >= 15 is 0 Å². The van der Waals surface area contributed by atoms with Gasteiger partial charge in [-0.15, -0.1) is 0 Å². The molecule has 17 heavy (non-hydrogen) atoms. The van der Waals surface area contributed by atoms with E-state index in [4.69, 9.17) is 16.3 Å². The molecule has 1 aliphatic rings. The number of benzene rings is 1. The van der Waals surface area contributed by atoms with Gasteiger partial charge in [0, 0.05) is 11.3 Å². The molecule has 0 aliphatic carbocycles. The minimum Gasteiger partial charge on any atom is -0.373 e. The summed E-state index contributed by atoms with van der Waals surface area (Å²) in [5.41, 5.74) is -1.65. The molecular weight excluding hydrogens is 246 g/mol. The van der Waals surface area contributed by atoms with Crippen molar-refractivity contribution in [2.45, 2.75) is 12.0 Å². The average Bonchev–Trinajstić information content (AvgIpc) is 2.30. The topological polar surface area (TPSA) is 69.4 Å². The van der Waals surface area contributed by atoms with Crippen LogP contribution in [-0.2, 0) is 15.1 Å². The molecule has 90 valence electrons. The van der Waals surface area contributed by atoms with Gasteiger partial charge in [0.1, 0.15) is 6.61 Å². The molecule has 0 spiro atoms. The van der Waals surface area contributed by atoms with Crippen molar-refractivity contribution in [3.05, 3.63) is 45.0 Å². The number of ether oxygens (including phenoxy) is 1. The van der Waals surface area contributed by atoms with Gasteiger partial charge in [-0.1, -0.05) is 23.7 Å². The van der Waals surface area contributed by atoms with Crippen LogP contribution in [0.25, 0.3) is 0 Å². The van der Waals surface area contributed by atoms with E-state index in [0.29, 0.717) is 0 Å². The minimum atomic E-state index is -1.85. The second-order valence-corrected chi connectivity index (χ2v) is 4.23. The van der Waals surface area contributed by atoms with Gasteiger partial charge < -0.3 is 4.74 Å². The van der Waals surface area contributed by atoms with Gasteiger partial charge in [-0.25, -0.2) is 0 Å². The third-order valence-electron chi connectivity index (χ3n) is 2.88. The molecule has 5 nitrogen and oxygen atoms in total. The van der Waals surface area contributed by atoms with Crippen molar-refractivity contribution < 1.29 is 14.5 Å². The summed E-state index contributed by atoms with van der Waals surface area (Å²) in [5, 5.41) is 11.5. The van der Waals surface area contributed by atoms with E-state index in [1.807, 2.05) is 0 Å². The average molecular weight is 256 g/mol. The van der Waals surface area contributed by atoms with Crippen molar-refractivity contribution in [1.29, 1.82) is 0 Å². The molecule has 2 rings (SSSR count). The second kappa shape index (κ2) is 4.43. The SMILES string of the molecule is O=C1CCOCC1(c1ccccc1Cl)[N+](=O)[O-]. The molecule has 0 bridgehead atoms. The maximum Gasteiger partial charge on any atom is 0.328 e. The van der Waals surface area contributed by atoms with Gasteiger partial charge in [-0.05, 0) is 12.1 Å². The number of carbonyl (C=O) groups is 1. The van der Waals surface area contributed by atoms with Crippen molar-refractivity contribution in [3.8, 4) is 0 Å². The zero-order chi connectivity index (χ0) is 12.5. The number of halogens is 1. The van der Waals surface area contributed by atoms with Gasteiger partial charge in [0.05, 0.1) is 17.2 Å². The van der Waals surface area contributed by atoms with Crippen molar-refractivity contribution in [2.24, 2.45) is 0 Å². The predicted molar refractivity (Wildman–Crippen MR) is 60.6 cm³/mol. The van der Waals surface area contributed by atoms with E-state index in [-0.39, 0.29) is 30.2 Å². The van der Waals surface area contributed by atoms with E-state index in [2.05, 4.69) is 0 Å². The summed E-state index contributed by atoms with van der Waals surface area (Å²) in [6, 6.07) is 6.31. The molecule has 1 heterocycles. The van der Waals surface area contributed by atoms with Crippen LogP contribution in [-0.4, -0.2) is 23.9 Å². The highest BCUT2D eigenvalue weighted by molar-refractivity contribution is 6.31. The predicted octanol–water partition coefficient (Wildman–Crippen LogP) is 1.80. The first-order valence-corrected chi connectivity index (χ1v) is 5.47. The summed E-state index contributed by atoms with van der Waals surface area (Å²) in [4.78, 5) is 22.6. The molecule has 0 radical (unpaired) electrons. The van der Waals surface area contributed by atoms with Crippen molar-refractivity contribution in [2.75, 3.05) is 13.2 Å². The molecule has 1 unspecified atom stereocenters. The van der Waals surface area contributed by atoms with Crippen LogP contribution in [0, 0.1) is 10.1 Å². The first-order valence-electron chi connectivity index (χ1n) is 5.09. The third-order valence-corrected chi connectivity index (χ3v) is 3.21. The van der Waals surface area contributed by atoms with E-state index in [0.717, 1.165) is 0 Å². The van der Waals surface area contributed by atoms with Gasteiger partial charge in [-0.2, -0.15) is 0 Å². The molecule has 1 fully saturated rings. The lowest BCUT2D eigenvalue weighted by molar-refractivity contribution is -0.567. The zero-order valence-corrected chi connectivity index (χ0v) is 9.64. The third kappa shape index (κ3) is 1.81. The molecular formula is C11H10ClNO4. The highest BCUT2D eigenvalue weighted by Gasteiger charge is 2.55. The molecule has 0 amide bonds. The number of ketones is 1. The summed E-state index contributed by atoms with van der Waals surface area (Å²) < 4.78 is 5.11. The van der Waals surface area contributed by atoms with Crippen molar-refractivity contribution in [1.82, 2.24) is 0 Å². The fourth-order valence-electron chi connectivity index (χ4n) is 1.95. The van der Waals surface area contributed by atoms with E-state index in [1.54, 1.807) is 12.1 Å². The lowest BCUT2D eigenvalue weighted by Crippen LogP contribution is -2.51. The summed E-state index contributed by atoms with van der Waals surface area (Å²) >= 11 is 5.94. The Hall–Kier alpha value is -1.46. The van der Waals surface area contributed by atoms with Crippen LogP contribution in [0.15, 0.2) is 24.3 Å². The first-order chi connectivity index (χ1) is 8.09. The zero-order valence-electron chi connectivity index (χ0n) is 8.89. The van der Waals surface area contributed by atoms with Crippen LogP contribution in [0.5, 0.6) is 0 Å². The maximum absolute atomic E-state index is 11.9. The number of nitro groups is 1. The van der Waals surface area contributed by atoms with Crippen LogP contribution >= 0.6 is 11.6 Å². The molecule has 1 aromatic rings. The molecule has 1 atom stereocenters. The van der Waals surface area contributed by atoms with Crippen LogP contribution in [0.1, 0.15) is 12.0 Å². The van der Waals surface area contributed by atoms with Gasteiger partial charge in [0.15, 0.2) is 0 Å². The summed E-state index contributed by atoms with van der Waals surface area (Å²) in [7, 11) is 0. The van der Waals surface area contributed by atoms with Crippen LogP contribution in [0.3, 0.4) is 0 Å². The summed E-state index contributed by atoms with van der Waals surface area (Å²) in [6.07, 6.45) is 0.0339. The number of hydrogen-bond donors (Lipinski definition) is 0. The molecule has 0 aromatic heterocycles. The fourth-order valence-corrected chi connectivity index (χ4v) is 2.24. The number of Topliss-reactive ketones (excluding diaryl/α,β-unsaturated/α-hetero) is 1. The Labute approximate surface area is 102 Å². The van der Waals surface area contributed by atoms with E-state index in [1.165, 1.54) is 12.1 Å². The van der Waals surface area contributed by atoms with E-state index < -0.39 is 16.2 Å². The molecule has 0 saturated carbocycles. The Bertz CT molecular complexity index is 476. The normalized spacial score (nSPS) is 24.6. The Morgan fingerprint density at radius 1 is 1.41 bits per heavy atom.